The predicted octanol–water partition coefficient (Wildman–Crippen LogP) is 3.69. The number of ether oxygens (including phenoxy) is 1. The Balaban J connectivity index is 1.81. The van der Waals surface area contributed by atoms with Crippen molar-refractivity contribution in [3.8, 4) is 11.6 Å². The van der Waals surface area contributed by atoms with Crippen molar-refractivity contribution in [1.82, 2.24) is 15.0 Å². The third kappa shape index (κ3) is 4.17. The normalized spacial score (nSPS) is 10.9. The number of fused-ring (bicyclic) bond motifs is 1. The Morgan fingerprint density at radius 2 is 1.78 bits per heavy atom. The highest BCUT2D eigenvalue weighted by Gasteiger charge is 2.25. The van der Waals surface area contributed by atoms with Gasteiger partial charge in [-0.25, -0.2) is 24.0 Å². The number of rotatable bonds is 4. The molecule has 0 spiro atoms. The van der Waals surface area contributed by atoms with Crippen molar-refractivity contribution in [3.05, 3.63) is 47.1 Å². The molecular formula is C18H16ClN3O5. The standard InChI is InChI=1S/C18H16ClN3O5/c1-10(2)17(23)26-27-18(24)15-16(20-21-22(15)3)25-14-7-5-11-8-13(19)6-4-12(11)9-14/h4-10H,1-3H3. The molecule has 1 heterocycles. The van der Waals surface area contributed by atoms with Gasteiger partial charge < -0.3 is 4.74 Å². The van der Waals surface area contributed by atoms with Crippen LogP contribution in [0.1, 0.15) is 24.3 Å². The summed E-state index contributed by atoms with van der Waals surface area (Å²) in [5, 5.41) is 10.0. The van der Waals surface area contributed by atoms with E-state index in [0.717, 1.165) is 10.8 Å². The Morgan fingerprint density at radius 1 is 1.07 bits per heavy atom. The first-order valence-electron chi connectivity index (χ1n) is 8.04. The van der Waals surface area contributed by atoms with Gasteiger partial charge in [-0.15, -0.1) is 0 Å². The lowest BCUT2D eigenvalue weighted by atomic mass is 10.1. The molecule has 0 fully saturated rings. The van der Waals surface area contributed by atoms with Crippen LogP contribution in [0, 0.1) is 5.92 Å². The number of nitrogens with zero attached hydrogens (tertiary/aromatic N) is 3. The third-order valence-electron chi connectivity index (χ3n) is 3.65. The van der Waals surface area contributed by atoms with Crippen molar-refractivity contribution in [2.24, 2.45) is 13.0 Å². The summed E-state index contributed by atoms with van der Waals surface area (Å²) in [5.41, 5.74) is -0.0947. The number of benzene rings is 2. The Labute approximate surface area is 159 Å². The lowest BCUT2D eigenvalue weighted by Crippen LogP contribution is -2.18. The van der Waals surface area contributed by atoms with E-state index in [1.54, 1.807) is 32.0 Å². The Morgan fingerprint density at radius 3 is 2.52 bits per heavy atom. The molecule has 1 aromatic heterocycles. The van der Waals surface area contributed by atoms with Crippen LogP contribution in [-0.2, 0) is 21.6 Å². The molecular weight excluding hydrogens is 374 g/mol. The first-order valence-corrected chi connectivity index (χ1v) is 8.42. The maximum atomic E-state index is 12.2. The lowest BCUT2D eigenvalue weighted by molar-refractivity contribution is -0.237. The maximum Gasteiger partial charge on any atom is 0.409 e. The van der Waals surface area contributed by atoms with Crippen molar-refractivity contribution in [2.45, 2.75) is 13.8 Å². The predicted molar refractivity (Wildman–Crippen MR) is 96.4 cm³/mol. The molecule has 0 radical (unpaired) electrons. The van der Waals surface area contributed by atoms with Gasteiger partial charge in [-0.1, -0.05) is 47.9 Å². The van der Waals surface area contributed by atoms with Crippen LogP contribution in [0.2, 0.25) is 5.02 Å². The largest absolute Gasteiger partial charge is 0.436 e. The molecule has 0 saturated heterocycles. The van der Waals surface area contributed by atoms with E-state index in [0.29, 0.717) is 10.8 Å². The van der Waals surface area contributed by atoms with Gasteiger partial charge in [0.2, 0.25) is 5.69 Å². The summed E-state index contributed by atoms with van der Waals surface area (Å²) in [5.74, 6) is -1.69. The van der Waals surface area contributed by atoms with Gasteiger partial charge in [0.25, 0.3) is 5.88 Å². The van der Waals surface area contributed by atoms with Gasteiger partial charge >= 0.3 is 11.9 Å². The average Bonchev–Trinajstić information content (AvgIpc) is 2.99. The zero-order chi connectivity index (χ0) is 19.6. The second kappa shape index (κ2) is 7.63. The summed E-state index contributed by atoms with van der Waals surface area (Å²) in [6.07, 6.45) is 0. The van der Waals surface area contributed by atoms with Gasteiger partial charge in [-0.3, -0.25) is 0 Å². The molecule has 0 bridgehead atoms. The van der Waals surface area contributed by atoms with E-state index >= 15 is 0 Å². The number of aryl methyl sites for hydroxylation is 1. The number of carbonyl (C=O) groups is 2. The van der Waals surface area contributed by atoms with Crippen molar-refractivity contribution in [3.63, 3.8) is 0 Å². The number of halogens is 1. The SMILES string of the molecule is CC(C)C(=O)OOC(=O)c1c(Oc2ccc3cc(Cl)ccc3c2)nnn1C. The van der Waals surface area contributed by atoms with E-state index in [9.17, 15) is 9.59 Å². The molecule has 9 heteroatoms. The molecule has 0 atom stereocenters. The summed E-state index contributed by atoms with van der Waals surface area (Å²) < 4.78 is 6.84. The van der Waals surface area contributed by atoms with Crippen LogP contribution in [0.5, 0.6) is 11.6 Å². The summed E-state index contributed by atoms with van der Waals surface area (Å²) in [4.78, 5) is 32.7. The van der Waals surface area contributed by atoms with Gasteiger partial charge in [0.1, 0.15) is 5.75 Å². The van der Waals surface area contributed by atoms with Gasteiger partial charge in [0.15, 0.2) is 0 Å². The van der Waals surface area contributed by atoms with Crippen LogP contribution in [0.15, 0.2) is 36.4 Å². The van der Waals surface area contributed by atoms with Crippen LogP contribution < -0.4 is 4.74 Å². The van der Waals surface area contributed by atoms with Crippen molar-refractivity contribution >= 4 is 34.3 Å². The van der Waals surface area contributed by atoms with Gasteiger partial charge in [0, 0.05) is 12.1 Å². The summed E-state index contributed by atoms with van der Waals surface area (Å²) in [7, 11) is 1.49. The van der Waals surface area contributed by atoms with Crippen LogP contribution in [-0.4, -0.2) is 26.9 Å². The molecule has 0 aliphatic rings. The number of hydrogen-bond acceptors (Lipinski definition) is 7. The van der Waals surface area contributed by atoms with Crippen molar-refractivity contribution in [1.29, 1.82) is 0 Å². The van der Waals surface area contributed by atoms with Crippen molar-refractivity contribution < 1.29 is 24.1 Å². The monoisotopic (exact) mass is 389 g/mol. The first-order chi connectivity index (χ1) is 12.8. The van der Waals surface area contributed by atoms with E-state index in [1.807, 2.05) is 18.2 Å². The molecule has 8 nitrogen and oxygen atoms in total. The van der Waals surface area contributed by atoms with E-state index in [-0.39, 0.29) is 11.6 Å². The summed E-state index contributed by atoms with van der Waals surface area (Å²) in [6, 6.07) is 10.8. The Kier molecular flexibility index (Phi) is 5.27. The van der Waals surface area contributed by atoms with Crippen LogP contribution in [0.4, 0.5) is 0 Å². The quantitative estimate of drug-likeness (QED) is 0.496. The van der Waals surface area contributed by atoms with Gasteiger partial charge in [0.05, 0.1) is 5.92 Å². The lowest BCUT2D eigenvalue weighted by Gasteiger charge is -2.07. The van der Waals surface area contributed by atoms with E-state index in [4.69, 9.17) is 16.3 Å². The molecule has 0 saturated carbocycles. The van der Waals surface area contributed by atoms with E-state index < -0.39 is 17.9 Å². The van der Waals surface area contributed by atoms with Gasteiger partial charge in [-0.2, -0.15) is 0 Å². The molecule has 140 valence electrons. The molecule has 2 aromatic carbocycles. The molecule has 3 rings (SSSR count). The fourth-order valence-corrected chi connectivity index (χ4v) is 2.39. The molecule has 0 amide bonds. The Hall–Kier alpha value is -3.13. The minimum atomic E-state index is -0.945. The minimum absolute atomic E-state index is 0.0728. The van der Waals surface area contributed by atoms with Crippen molar-refractivity contribution in [2.75, 3.05) is 0 Å². The molecule has 3 aromatic rings. The van der Waals surface area contributed by atoms with E-state index in [2.05, 4.69) is 20.1 Å². The third-order valence-corrected chi connectivity index (χ3v) is 3.88. The van der Waals surface area contributed by atoms with Gasteiger partial charge in [-0.05, 0) is 35.0 Å². The number of aromatic nitrogens is 3. The van der Waals surface area contributed by atoms with E-state index in [1.165, 1.54) is 11.7 Å². The molecule has 0 aliphatic heterocycles. The smallest absolute Gasteiger partial charge is 0.409 e. The summed E-state index contributed by atoms with van der Waals surface area (Å²) >= 11 is 5.98. The zero-order valence-corrected chi connectivity index (χ0v) is 15.6. The fraction of sp³-hybridized carbons (Fsp3) is 0.222. The average molecular weight is 390 g/mol. The van der Waals surface area contributed by atoms with Crippen LogP contribution >= 0.6 is 11.6 Å². The number of hydrogen-bond donors (Lipinski definition) is 0. The Bertz CT molecular complexity index is 1020. The minimum Gasteiger partial charge on any atom is -0.436 e. The highest BCUT2D eigenvalue weighted by Crippen LogP contribution is 2.28. The second-order valence-electron chi connectivity index (χ2n) is 6.05. The second-order valence-corrected chi connectivity index (χ2v) is 6.49. The first kappa shape index (κ1) is 18.7. The topological polar surface area (TPSA) is 92.5 Å². The molecule has 0 unspecified atom stereocenters. The maximum absolute atomic E-state index is 12.2. The van der Waals surface area contributed by atoms with Crippen LogP contribution in [0.3, 0.4) is 0 Å². The summed E-state index contributed by atoms with van der Waals surface area (Å²) in [6.45, 7) is 3.23. The van der Waals surface area contributed by atoms with Crippen LogP contribution in [0.25, 0.3) is 10.8 Å². The molecule has 0 aliphatic carbocycles. The highest BCUT2D eigenvalue weighted by atomic mass is 35.5. The number of carbonyl (C=O) groups excluding carboxylic acids is 2. The fourth-order valence-electron chi connectivity index (χ4n) is 2.21. The molecule has 27 heavy (non-hydrogen) atoms. The molecule has 0 N–H and O–H groups in total. The highest BCUT2D eigenvalue weighted by molar-refractivity contribution is 6.31. The zero-order valence-electron chi connectivity index (χ0n) is 14.8.